The van der Waals surface area contributed by atoms with E-state index < -0.39 is 0 Å². The summed E-state index contributed by atoms with van der Waals surface area (Å²) in [6.07, 6.45) is 0. The van der Waals surface area contributed by atoms with Crippen LogP contribution in [-0.4, -0.2) is 17.9 Å². The van der Waals surface area contributed by atoms with Crippen LogP contribution >= 0.6 is 11.3 Å². The SMILES string of the molecule is CNc1nc(C)c(C(=O)NCc2cccc(C)c2)s1. The molecule has 5 heteroatoms. The largest absolute Gasteiger partial charge is 0.365 e. The number of nitrogens with one attached hydrogen (secondary N) is 2. The van der Waals surface area contributed by atoms with Gasteiger partial charge in [0, 0.05) is 13.6 Å². The second-order valence-electron chi connectivity index (χ2n) is 4.36. The molecule has 19 heavy (non-hydrogen) atoms. The van der Waals surface area contributed by atoms with Gasteiger partial charge < -0.3 is 10.6 Å². The summed E-state index contributed by atoms with van der Waals surface area (Å²) in [6, 6.07) is 8.11. The molecule has 0 aliphatic rings. The molecule has 1 aromatic heterocycles. The van der Waals surface area contributed by atoms with Gasteiger partial charge >= 0.3 is 0 Å². The summed E-state index contributed by atoms with van der Waals surface area (Å²) in [5, 5.41) is 6.64. The third-order valence-electron chi connectivity index (χ3n) is 2.75. The van der Waals surface area contributed by atoms with Gasteiger partial charge in [0.05, 0.1) is 5.69 Å². The zero-order valence-electron chi connectivity index (χ0n) is 11.3. The Labute approximate surface area is 116 Å². The van der Waals surface area contributed by atoms with Crippen LogP contribution in [0.15, 0.2) is 24.3 Å². The first-order chi connectivity index (χ1) is 9.10. The van der Waals surface area contributed by atoms with Crippen molar-refractivity contribution in [3.63, 3.8) is 0 Å². The molecule has 2 N–H and O–H groups in total. The number of anilines is 1. The molecule has 0 bridgehead atoms. The van der Waals surface area contributed by atoms with E-state index in [1.807, 2.05) is 32.0 Å². The lowest BCUT2D eigenvalue weighted by atomic mass is 10.1. The Bertz CT molecular complexity index is 592. The quantitative estimate of drug-likeness (QED) is 0.902. The number of benzene rings is 1. The van der Waals surface area contributed by atoms with E-state index in [1.54, 1.807) is 7.05 Å². The molecule has 1 amide bonds. The van der Waals surface area contributed by atoms with Crippen LogP contribution in [0.3, 0.4) is 0 Å². The summed E-state index contributed by atoms with van der Waals surface area (Å²) in [7, 11) is 1.80. The van der Waals surface area contributed by atoms with Crippen molar-refractivity contribution in [1.29, 1.82) is 0 Å². The molecular formula is C14H17N3OS. The van der Waals surface area contributed by atoms with Crippen LogP contribution in [0.4, 0.5) is 5.13 Å². The van der Waals surface area contributed by atoms with E-state index in [4.69, 9.17) is 0 Å². The van der Waals surface area contributed by atoms with E-state index in [1.165, 1.54) is 16.9 Å². The molecule has 0 aliphatic carbocycles. The minimum atomic E-state index is -0.0713. The number of aryl methyl sites for hydroxylation is 2. The fourth-order valence-corrected chi connectivity index (χ4v) is 2.63. The van der Waals surface area contributed by atoms with Crippen LogP contribution < -0.4 is 10.6 Å². The second kappa shape index (κ2) is 5.84. The van der Waals surface area contributed by atoms with Crippen molar-refractivity contribution in [1.82, 2.24) is 10.3 Å². The first-order valence-corrected chi connectivity index (χ1v) is 6.90. The number of amides is 1. The van der Waals surface area contributed by atoms with Crippen molar-refractivity contribution in [3.8, 4) is 0 Å². The van der Waals surface area contributed by atoms with E-state index >= 15 is 0 Å². The number of rotatable bonds is 4. The first kappa shape index (κ1) is 13.5. The van der Waals surface area contributed by atoms with Gasteiger partial charge in [-0.3, -0.25) is 4.79 Å². The highest BCUT2D eigenvalue weighted by atomic mass is 32.1. The van der Waals surface area contributed by atoms with Crippen molar-refractivity contribution in [2.45, 2.75) is 20.4 Å². The minimum absolute atomic E-state index is 0.0713. The van der Waals surface area contributed by atoms with E-state index in [9.17, 15) is 4.79 Å². The Kier molecular flexibility index (Phi) is 4.16. The third kappa shape index (κ3) is 3.32. The van der Waals surface area contributed by atoms with Gasteiger partial charge in [-0.2, -0.15) is 0 Å². The molecule has 1 heterocycles. The van der Waals surface area contributed by atoms with Gasteiger partial charge in [-0.15, -0.1) is 0 Å². The summed E-state index contributed by atoms with van der Waals surface area (Å²) in [5.41, 5.74) is 3.05. The molecule has 0 saturated carbocycles. The lowest BCUT2D eigenvalue weighted by Gasteiger charge is -2.05. The van der Waals surface area contributed by atoms with Gasteiger partial charge in [0.1, 0.15) is 4.88 Å². The predicted molar refractivity (Wildman–Crippen MR) is 78.7 cm³/mol. The van der Waals surface area contributed by atoms with Crippen LogP contribution in [0.1, 0.15) is 26.5 Å². The van der Waals surface area contributed by atoms with E-state index in [2.05, 4.69) is 21.7 Å². The average molecular weight is 275 g/mol. The highest BCUT2D eigenvalue weighted by Crippen LogP contribution is 2.21. The topological polar surface area (TPSA) is 54.0 Å². The minimum Gasteiger partial charge on any atom is -0.365 e. The summed E-state index contributed by atoms with van der Waals surface area (Å²) in [6.45, 7) is 4.42. The lowest BCUT2D eigenvalue weighted by Crippen LogP contribution is -2.22. The molecule has 2 rings (SSSR count). The number of carbonyl (C=O) groups excluding carboxylic acids is 1. The highest BCUT2D eigenvalue weighted by molar-refractivity contribution is 7.17. The Hall–Kier alpha value is -1.88. The van der Waals surface area contributed by atoms with Gasteiger partial charge in [-0.25, -0.2) is 4.98 Å². The van der Waals surface area contributed by atoms with E-state index in [0.29, 0.717) is 11.4 Å². The van der Waals surface area contributed by atoms with Gasteiger partial charge in [0.15, 0.2) is 5.13 Å². The molecule has 0 saturated heterocycles. The maximum atomic E-state index is 12.1. The molecule has 0 aliphatic heterocycles. The van der Waals surface area contributed by atoms with Gasteiger partial charge in [0.2, 0.25) is 0 Å². The van der Waals surface area contributed by atoms with E-state index in [0.717, 1.165) is 16.4 Å². The second-order valence-corrected chi connectivity index (χ2v) is 5.35. The lowest BCUT2D eigenvalue weighted by molar-refractivity contribution is 0.0954. The Morgan fingerprint density at radius 1 is 1.37 bits per heavy atom. The van der Waals surface area contributed by atoms with Crippen molar-refractivity contribution in [3.05, 3.63) is 46.0 Å². The fourth-order valence-electron chi connectivity index (χ4n) is 1.80. The zero-order valence-corrected chi connectivity index (χ0v) is 12.1. The first-order valence-electron chi connectivity index (χ1n) is 6.09. The molecule has 0 radical (unpaired) electrons. The van der Waals surface area contributed by atoms with Crippen LogP contribution in [0, 0.1) is 13.8 Å². The van der Waals surface area contributed by atoms with Crippen LogP contribution in [0.25, 0.3) is 0 Å². The molecule has 0 spiro atoms. The molecule has 1 aromatic carbocycles. The van der Waals surface area contributed by atoms with Gasteiger partial charge in [0.25, 0.3) is 5.91 Å². The molecule has 0 fully saturated rings. The Morgan fingerprint density at radius 3 is 2.79 bits per heavy atom. The summed E-state index contributed by atoms with van der Waals surface area (Å²) < 4.78 is 0. The van der Waals surface area contributed by atoms with Crippen molar-refractivity contribution in [2.24, 2.45) is 0 Å². The number of aromatic nitrogens is 1. The van der Waals surface area contributed by atoms with Crippen molar-refractivity contribution < 1.29 is 4.79 Å². The van der Waals surface area contributed by atoms with Crippen LogP contribution in [-0.2, 0) is 6.54 Å². The van der Waals surface area contributed by atoms with E-state index in [-0.39, 0.29) is 5.91 Å². The van der Waals surface area contributed by atoms with Crippen LogP contribution in [0.2, 0.25) is 0 Å². The number of hydrogen-bond acceptors (Lipinski definition) is 4. The maximum absolute atomic E-state index is 12.1. The molecule has 4 nitrogen and oxygen atoms in total. The van der Waals surface area contributed by atoms with Crippen molar-refractivity contribution in [2.75, 3.05) is 12.4 Å². The Balaban J connectivity index is 2.03. The fraction of sp³-hybridized carbons (Fsp3) is 0.286. The molecule has 0 unspecified atom stereocenters. The van der Waals surface area contributed by atoms with Gasteiger partial charge in [-0.05, 0) is 19.4 Å². The Morgan fingerprint density at radius 2 is 2.16 bits per heavy atom. The van der Waals surface area contributed by atoms with Crippen LogP contribution in [0.5, 0.6) is 0 Å². The smallest absolute Gasteiger partial charge is 0.263 e. The summed E-state index contributed by atoms with van der Waals surface area (Å²) >= 11 is 1.37. The maximum Gasteiger partial charge on any atom is 0.263 e. The molecular weight excluding hydrogens is 258 g/mol. The number of hydrogen-bond donors (Lipinski definition) is 2. The number of nitrogens with zero attached hydrogens (tertiary/aromatic N) is 1. The summed E-state index contributed by atoms with van der Waals surface area (Å²) in [4.78, 5) is 17.0. The monoisotopic (exact) mass is 275 g/mol. The number of thiazole rings is 1. The highest BCUT2D eigenvalue weighted by Gasteiger charge is 2.14. The average Bonchev–Trinajstić information content (AvgIpc) is 2.77. The molecule has 0 atom stereocenters. The molecule has 100 valence electrons. The summed E-state index contributed by atoms with van der Waals surface area (Å²) in [5.74, 6) is -0.0713. The molecule has 2 aromatic rings. The number of carbonyl (C=O) groups is 1. The van der Waals surface area contributed by atoms with Crippen molar-refractivity contribution >= 4 is 22.4 Å². The predicted octanol–water partition coefficient (Wildman–Crippen LogP) is 2.73. The normalized spacial score (nSPS) is 10.3. The zero-order chi connectivity index (χ0) is 13.8. The third-order valence-corrected chi connectivity index (χ3v) is 3.93. The standard InChI is InChI=1S/C14H17N3OS/c1-9-5-4-6-11(7-9)8-16-13(18)12-10(2)17-14(15-3)19-12/h4-7H,8H2,1-3H3,(H,15,17)(H,16,18). The van der Waals surface area contributed by atoms with Gasteiger partial charge in [-0.1, -0.05) is 41.2 Å².